The number of hydrogen-bond donors (Lipinski definition) is 2. The molecule has 2 aromatic carbocycles. The van der Waals surface area contributed by atoms with E-state index in [9.17, 15) is 9.59 Å². The molecule has 2 N–H and O–H groups in total. The number of carbonyl (C=O) groups excluding carboxylic acids is 2. The van der Waals surface area contributed by atoms with Gasteiger partial charge in [0.25, 0.3) is 0 Å². The first-order valence-electron chi connectivity index (χ1n) is 12.7. The Bertz CT molecular complexity index is 1400. The van der Waals surface area contributed by atoms with Crippen molar-refractivity contribution >= 4 is 46.5 Å². The van der Waals surface area contributed by atoms with E-state index in [0.717, 1.165) is 31.9 Å². The van der Waals surface area contributed by atoms with E-state index in [1.54, 1.807) is 44.5 Å². The van der Waals surface area contributed by atoms with Gasteiger partial charge in [-0.3, -0.25) is 4.79 Å². The number of methoxy groups -OCH3 is 1. The summed E-state index contributed by atoms with van der Waals surface area (Å²) in [5.74, 6) is 0.978. The molecule has 3 heterocycles. The van der Waals surface area contributed by atoms with Gasteiger partial charge in [0.2, 0.25) is 11.9 Å². The number of carbonyl (C=O) groups is 2. The summed E-state index contributed by atoms with van der Waals surface area (Å²) in [7, 11) is 3.75. The average Bonchev–Trinajstić information content (AvgIpc) is 2.94. The van der Waals surface area contributed by atoms with E-state index >= 15 is 0 Å². The summed E-state index contributed by atoms with van der Waals surface area (Å²) < 4.78 is 11.2. The second kappa shape index (κ2) is 11.0. The third kappa shape index (κ3) is 5.48. The zero-order chi connectivity index (χ0) is 27.5. The maximum absolute atomic E-state index is 13.0. The van der Waals surface area contributed by atoms with Crippen LogP contribution < -0.4 is 25.2 Å². The van der Waals surface area contributed by atoms with Crippen LogP contribution in [0.4, 0.5) is 39.3 Å². The lowest BCUT2D eigenvalue weighted by molar-refractivity contribution is -0.111. The summed E-state index contributed by atoms with van der Waals surface area (Å²) in [6.07, 6.45) is 1.71. The molecule has 5 rings (SSSR count). The summed E-state index contributed by atoms with van der Waals surface area (Å²) >= 11 is 0. The number of aromatic nitrogens is 2. The van der Waals surface area contributed by atoms with Crippen LogP contribution in [0.2, 0.25) is 0 Å². The molecule has 0 unspecified atom stereocenters. The van der Waals surface area contributed by atoms with Gasteiger partial charge in [-0.05, 0) is 50.4 Å². The second-order valence-electron chi connectivity index (χ2n) is 9.38. The lowest BCUT2D eigenvalue weighted by Crippen LogP contribution is -2.44. The highest BCUT2D eigenvalue weighted by Gasteiger charge is 2.34. The van der Waals surface area contributed by atoms with E-state index in [-0.39, 0.29) is 5.91 Å². The van der Waals surface area contributed by atoms with Crippen molar-refractivity contribution in [3.8, 4) is 5.75 Å². The molecule has 0 aliphatic carbocycles. The molecule has 2 amide bonds. The first kappa shape index (κ1) is 26.0. The van der Waals surface area contributed by atoms with Crippen LogP contribution in [0, 0.1) is 0 Å². The summed E-state index contributed by atoms with van der Waals surface area (Å²) in [5, 5.41) is 5.94. The van der Waals surface area contributed by atoms with Crippen LogP contribution in [-0.4, -0.2) is 67.2 Å². The number of hydrogen-bond acceptors (Lipinski definition) is 9. The molecule has 1 aromatic heterocycles. The van der Waals surface area contributed by atoms with Crippen molar-refractivity contribution in [1.29, 1.82) is 0 Å². The molecule has 1 atom stereocenters. The molecular formula is C28H31N7O4. The first-order chi connectivity index (χ1) is 18.9. The number of cyclic esters (lactones) is 1. The van der Waals surface area contributed by atoms with Gasteiger partial charge in [-0.25, -0.2) is 14.7 Å². The van der Waals surface area contributed by atoms with Crippen molar-refractivity contribution in [2.75, 3.05) is 60.8 Å². The number of likely N-dealkylation sites (N-methyl/N-ethyl adjacent to an activating group) is 1. The SMILES string of the molecule is C=CC(=O)Nc1cccc(N2C(=O)O[C@@H](C)c3cnc(Nc4ccc(N5CCN(C)CC5)cc4OC)nc32)c1. The van der Waals surface area contributed by atoms with Crippen LogP contribution in [0.1, 0.15) is 18.6 Å². The summed E-state index contributed by atoms with van der Waals surface area (Å²) in [6.45, 7) is 9.15. The van der Waals surface area contributed by atoms with Crippen molar-refractivity contribution in [3.63, 3.8) is 0 Å². The number of piperazine rings is 1. The Morgan fingerprint density at radius 2 is 1.95 bits per heavy atom. The Kier molecular flexibility index (Phi) is 7.33. The van der Waals surface area contributed by atoms with Crippen LogP contribution in [0.3, 0.4) is 0 Å². The van der Waals surface area contributed by atoms with Crippen molar-refractivity contribution in [1.82, 2.24) is 14.9 Å². The molecule has 2 aliphatic heterocycles. The van der Waals surface area contributed by atoms with Gasteiger partial charge in [-0.15, -0.1) is 0 Å². The Hall–Kier alpha value is -4.64. The van der Waals surface area contributed by atoms with Gasteiger partial charge >= 0.3 is 6.09 Å². The predicted octanol–water partition coefficient (Wildman–Crippen LogP) is 4.45. The minimum absolute atomic E-state index is 0.294. The summed E-state index contributed by atoms with van der Waals surface area (Å²) in [6, 6.07) is 12.8. The van der Waals surface area contributed by atoms with Gasteiger partial charge in [0.1, 0.15) is 11.9 Å². The van der Waals surface area contributed by atoms with Gasteiger partial charge in [-0.2, -0.15) is 4.98 Å². The van der Waals surface area contributed by atoms with Crippen LogP contribution in [0.5, 0.6) is 5.75 Å². The lowest BCUT2D eigenvalue weighted by Gasteiger charge is -2.34. The summed E-state index contributed by atoms with van der Waals surface area (Å²) in [4.78, 5) is 40.0. The second-order valence-corrected chi connectivity index (χ2v) is 9.38. The minimum atomic E-state index is -0.582. The van der Waals surface area contributed by atoms with E-state index in [1.165, 1.54) is 11.0 Å². The topological polar surface area (TPSA) is 112 Å². The van der Waals surface area contributed by atoms with E-state index in [4.69, 9.17) is 14.5 Å². The van der Waals surface area contributed by atoms with Crippen molar-refractivity contribution in [2.45, 2.75) is 13.0 Å². The Morgan fingerprint density at radius 1 is 1.15 bits per heavy atom. The number of rotatable bonds is 7. The largest absolute Gasteiger partial charge is 0.494 e. The Labute approximate surface area is 227 Å². The Balaban J connectivity index is 1.44. The van der Waals surface area contributed by atoms with Crippen molar-refractivity contribution < 1.29 is 19.1 Å². The van der Waals surface area contributed by atoms with Crippen LogP contribution in [0.15, 0.2) is 61.3 Å². The Morgan fingerprint density at radius 3 is 2.69 bits per heavy atom. The number of ether oxygens (including phenoxy) is 2. The number of nitrogens with one attached hydrogen (secondary N) is 2. The fourth-order valence-corrected chi connectivity index (χ4v) is 4.57. The van der Waals surface area contributed by atoms with E-state index in [1.807, 2.05) is 18.2 Å². The van der Waals surface area contributed by atoms with Gasteiger partial charge in [0.15, 0.2) is 5.82 Å². The molecule has 0 radical (unpaired) electrons. The predicted molar refractivity (Wildman–Crippen MR) is 150 cm³/mol. The highest BCUT2D eigenvalue weighted by Crippen LogP contribution is 2.39. The molecule has 11 heteroatoms. The molecule has 3 aromatic rings. The molecule has 1 saturated heterocycles. The van der Waals surface area contributed by atoms with Crippen LogP contribution in [0.25, 0.3) is 0 Å². The lowest BCUT2D eigenvalue weighted by atomic mass is 10.1. The first-order valence-corrected chi connectivity index (χ1v) is 12.7. The van der Waals surface area contributed by atoms with Crippen molar-refractivity contribution in [2.24, 2.45) is 0 Å². The number of nitrogens with zero attached hydrogens (tertiary/aromatic N) is 5. The highest BCUT2D eigenvalue weighted by atomic mass is 16.6. The number of anilines is 6. The van der Waals surface area contributed by atoms with E-state index in [2.05, 4.69) is 39.0 Å². The minimum Gasteiger partial charge on any atom is -0.494 e. The standard InChI is InChI=1S/C28H31N7O4/c1-5-25(36)30-19-7-6-8-21(15-19)35-26-22(18(2)39-28(35)37)17-29-27(32-26)31-23-10-9-20(16-24(23)38-4)34-13-11-33(3)12-14-34/h5-10,15-18H,1,11-14H2,2-4H3,(H,30,36)(H,29,31,32)/t18-/m0/s1. The fraction of sp³-hybridized carbons (Fsp3) is 0.286. The third-order valence-electron chi connectivity index (χ3n) is 6.76. The van der Waals surface area contributed by atoms with E-state index in [0.29, 0.717) is 40.1 Å². The maximum Gasteiger partial charge on any atom is 0.420 e. The number of fused-ring (bicyclic) bond motifs is 1. The number of benzene rings is 2. The zero-order valence-corrected chi connectivity index (χ0v) is 22.2. The highest BCUT2D eigenvalue weighted by molar-refractivity contribution is 6.01. The zero-order valence-electron chi connectivity index (χ0n) is 22.2. The van der Waals surface area contributed by atoms with Gasteiger partial charge in [-0.1, -0.05) is 12.6 Å². The molecule has 0 bridgehead atoms. The molecule has 0 saturated carbocycles. The van der Waals surface area contributed by atoms with E-state index < -0.39 is 12.2 Å². The van der Waals surface area contributed by atoms with Crippen LogP contribution >= 0.6 is 0 Å². The number of amides is 2. The smallest absolute Gasteiger partial charge is 0.420 e. The normalized spacial score (nSPS) is 17.2. The molecule has 39 heavy (non-hydrogen) atoms. The molecule has 11 nitrogen and oxygen atoms in total. The molecular weight excluding hydrogens is 498 g/mol. The molecule has 2 aliphatic rings. The molecule has 0 spiro atoms. The monoisotopic (exact) mass is 529 g/mol. The third-order valence-corrected chi connectivity index (χ3v) is 6.76. The quantitative estimate of drug-likeness (QED) is 0.429. The summed E-state index contributed by atoms with van der Waals surface area (Å²) in [5.41, 5.74) is 3.42. The average molecular weight is 530 g/mol. The van der Waals surface area contributed by atoms with Crippen molar-refractivity contribution in [3.05, 3.63) is 66.9 Å². The van der Waals surface area contributed by atoms with Gasteiger partial charge < -0.3 is 29.9 Å². The maximum atomic E-state index is 13.0. The van der Waals surface area contributed by atoms with Gasteiger partial charge in [0, 0.05) is 49.8 Å². The molecule has 1 fully saturated rings. The van der Waals surface area contributed by atoms with Gasteiger partial charge in [0.05, 0.1) is 24.0 Å². The molecule has 202 valence electrons. The van der Waals surface area contributed by atoms with Crippen LogP contribution in [-0.2, 0) is 9.53 Å². The fourth-order valence-electron chi connectivity index (χ4n) is 4.57.